The zero-order valence-electron chi connectivity index (χ0n) is 19.9. The third kappa shape index (κ3) is 5.35. The van der Waals surface area contributed by atoms with Gasteiger partial charge in [0.25, 0.3) is 12.9 Å². The highest BCUT2D eigenvalue weighted by Crippen LogP contribution is 2.38. The second kappa shape index (κ2) is 9.16. The number of aryl methyl sites for hydroxylation is 1. The predicted molar refractivity (Wildman–Crippen MR) is 126 cm³/mol. The zero-order valence-corrected chi connectivity index (χ0v) is 20.7. The van der Waals surface area contributed by atoms with Crippen LogP contribution in [-0.4, -0.2) is 34.6 Å². The minimum Gasteiger partial charge on any atom is -0.347 e. The maximum Gasteiger partial charge on any atom is 0.281 e. The number of sulfonamides is 1. The first-order valence-corrected chi connectivity index (χ1v) is 12.9. The van der Waals surface area contributed by atoms with Crippen molar-refractivity contribution in [1.29, 1.82) is 0 Å². The van der Waals surface area contributed by atoms with Gasteiger partial charge >= 0.3 is 0 Å². The highest BCUT2D eigenvalue weighted by Gasteiger charge is 2.40. The molecule has 0 spiro atoms. The minimum absolute atomic E-state index is 0.144. The van der Waals surface area contributed by atoms with Crippen molar-refractivity contribution in [2.75, 3.05) is 0 Å². The lowest BCUT2D eigenvalue weighted by Crippen LogP contribution is -2.35. The SMILES string of the molecule is Cc1ncnc(C(F)F)c1-c1ccc2c([C@H](NS(=O)(=O)C3CC3)C(F)F)cn(CC(C)(C)C)c2c1. The molecule has 2 aromatic heterocycles. The molecule has 1 fully saturated rings. The average Bonchev–Trinajstić information content (AvgIpc) is 3.55. The Kier molecular flexibility index (Phi) is 6.69. The first kappa shape index (κ1) is 25.6. The molecule has 1 aliphatic carbocycles. The van der Waals surface area contributed by atoms with E-state index in [-0.39, 0.29) is 16.5 Å². The Morgan fingerprint density at radius 2 is 1.83 bits per heavy atom. The number of alkyl halides is 4. The van der Waals surface area contributed by atoms with Crippen LogP contribution in [0, 0.1) is 12.3 Å². The smallest absolute Gasteiger partial charge is 0.281 e. The van der Waals surface area contributed by atoms with E-state index in [0.717, 1.165) is 6.33 Å². The number of rotatable bonds is 8. The van der Waals surface area contributed by atoms with Crippen LogP contribution in [0.25, 0.3) is 22.0 Å². The van der Waals surface area contributed by atoms with Crippen molar-refractivity contribution in [3.8, 4) is 11.1 Å². The molecule has 1 atom stereocenters. The Morgan fingerprint density at radius 3 is 2.40 bits per heavy atom. The molecule has 3 aromatic rings. The van der Waals surface area contributed by atoms with Gasteiger partial charge in [0.15, 0.2) is 0 Å². The van der Waals surface area contributed by atoms with Gasteiger partial charge in [0.2, 0.25) is 10.0 Å². The summed E-state index contributed by atoms with van der Waals surface area (Å²) in [5.74, 6) is 0. The van der Waals surface area contributed by atoms with E-state index in [4.69, 9.17) is 0 Å². The van der Waals surface area contributed by atoms with Crippen molar-refractivity contribution < 1.29 is 26.0 Å². The van der Waals surface area contributed by atoms with Crippen LogP contribution in [0.1, 0.15) is 63.0 Å². The molecule has 0 aliphatic heterocycles. The van der Waals surface area contributed by atoms with Crippen LogP contribution in [-0.2, 0) is 16.6 Å². The van der Waals surface area contributed by atoms with Crippen LogP contribution in [0.15, 0.2) is 30.7 Å². The van der Waals surface area contributed by atoms with E-state index in [0.29, 0.717) is 41.5 Å². The number of benzene rings is 1. The molecule has 6 nitrogen and oxygen atoms in total. The summed E-state index contributed by atoms with van der Waals surface area (Å²) in [4.78, 5) is 7.81. The quantitative estimate of drug-likeness (QED) is 0.388. The number of halogens is 4. The summed E-state index contributed by atoms with van der Waals surface area (Å²) in [6.07, 6.45) is -2.28. The standard InChI is InChI=1S/C24H28F4N4O2S/c1-13-19(21(23(27)28)30-12-29-13)14-5-8-16-17(10-32(18(16)9-14)11-24(2,3)4)20(22(25)26)31-35(33,34)15-6-7-15/h5,8-10,12,15,20,22-23,31H,6-7,11H2,1-4H3/t20-/m0/s1. The van der Waals surface area contributed by atoms with Crippen molar-refractivity contribution in [2.45, 2.75) is 71.2 Å². The van der Waals surface area contributed by atoms with Crippen LogP contribution in [0.3, 0.4) is 0 Å². The Bertz CT molecular complexity index is 1350. The highest BCUT2D eigenvalue weighted by molar-refractivity contribution is 7.90. The molecular formula is C24H28F4N4O2S. The van der Waals surface area contributed by atoms with E-state index in [9.17, 15) is 26.0 Å². The summed E-state index contributed by atoms with van der Waals surface area (Å²) >= 11 is 0. The fourth-order valence-corrected chi connectivity index (χ4v) is 5.81. The topological polar surface area (TPSA) is 76.9 Å². The molecule has 35 heavy (non-hydrogen) atoms. The highest BCUT2D eigenvalue weighted by atomic mass is 32.2. The van der Waals surface area contributed by atoms with E-state index in [2.05, 4.69) is 14.7 Å². The normalized spacial score (nSPS) is 15.9. The van der Waals surface area contributed by atoms with Crippen LogP contribution < -0.4 is 4.72 Å². The van der Waals surface area contributed by atoms with E-state index in [1.165, 1.54) is 6.20 Å². The first-order chi connectivity index (χ1) is 16.3. The van der Waals surface area contributed by atoms with E-state index in [1.807, 2.05) is 20.8 Å². The number of aromatic nitrogens is 3. The molecular weight excluding hydrogens is 484 g/mol. The molecule has 1 saturated carbocycles. The second-order valence-corrected chi connectivity index (χ2v) is 12.2. The van der Waals surface area contributed by atoms with E-state index >= 15 is 0 Å². The van der Waals surface area contributed by atoms with Gasteiger partial charge in [-0.15, -0.1) is 0 Å². The van der Waals surface area contributed by atoms with Gasteiger partial charge in [-0.1, -0.05) is 32.9 Å². The molecule has 0 unspecified atom stereocenters. The van der Waals surface area contributed by atoms with Gasteiger partial charge in [-0.05, 0) is 36.8 Å². The Labute approximate surface area is 201 Å². The number of hydrogen-bond donors (Lipinski definition) is 1. The number of fused-ring (bicyclic) bond motifs is 1. The molecule has 2 heterocycles. The molecule has 0 bridgehead atoms. The molecule has 190 valence electrons. The average molecular weight is 513 g/mol. The van der Waals surface area contributed by atoms with Gasteiger partial charge in [-0.2, -0.15) is 0 Å². The van der Waals surface area contributed by atoms with E-state index in [1.54, 1.807) is 29.7 Å². The van der Waals surface area contributed by atoms with Gasteiger partial charge in [-0.25, -0.2) is 40.7 Å². The second-order valence-electron chi connectivity index (χ2n) is 10.2. The van der Waals surface area contributed by atoms with Crippen molar-refractivity contribution in [3.05, 3.63) is 47.7 Å². The minimum atomic E-state index is -3.89. The number of nitrogens with zero attached hydrogens (tertiary/aromatic N) is 3. The first-order valence-electron chi connectivity index (χ1n) is 11.3. The molecule has 0 amide bonds. The summed E-state index contributed by atoms with van der Waals surface area (Å²) < 4.78 is 84.7. The van der Waals surface area contributed by atoms with E-state index < -0.39 is 39.9 Å². The van der Waals surface area contributed by atoms with Gasteiger partial charge < -0.3 is 4.57 Å². The lowest BCUT2D eigenvalue weighted by atomic mass is 9.96. The van der Waals surface area contributed by atoms with Crippen molar-refractivity contribution in [3.63, 3.8) is 0 Å². The molecule has 11 heteroatoms. The lowest BCUT2D eigenvalue weighted by molar-refractivity contribution is 0.109. The van der Waals surface area contributed by atoms with Crippen molar-refractivity contribution in [2.24, 2.45) is 5.41 Å². The Morgan fingerprint density at radius 1 is 1.14 bits per heavy atom. The Hall–Kier alpha value is -2.53. The fraction of sp³-hybridized carbons (Fsp3) is 0.500. The molecule has 0 radical (unpaired) electrons. The van der Waals surface area contributed by atoms with Gasteiger partial charge in [0.05, 0.1) is 5.25 Å². The lowest BCUT2D eigenvalue weighted by Gasteiger charge is -2.20. The number of hydrogen-bond acceptors (Lipinski definition) is 4. The van der Waals surface area contributed by atoms with Crippen molar-refractivity contribution >= 4 is 20.9 Å². The fourth-order valence-electron chi connectivity index (χ4n) is 4.28. The molecule has 4 rings (SSSR count). The summed E-state index contributed by atoms with van der Waals surface area (Å²) in [6.45, 7) is 7.98. The number of nitrogens with one attached hydrogen (secondary N) is 1. The van der Waals surface area contributed by atoms with Crippen molar-refractivity contribution in [1.82, 2.24) is 19.3 Å². The van der Waals surface area contributed by atoms with Crippen LogP contribution in [0.2, 0.25) is 0 Å². The van der Waals surface area contributed by atoms with Crippen LogP contribution in [0.4, 0.5) is 17.6 Å². The van der Waals surface area contributed by atoms with Gasteiger partial charge in [0.1, 0.15) is 18.1 Å². The van der Waals surface area contributed by atoms with Crippen LogP contribution in [0.5, 0.6) is 0 Å². The molecule has 1 aliphatic rings. The third-order valence-electron chi connectivity index (χ3n) is 5.96. The maximum absolute atomic E-state index is 14.2. The molecule has 1 aromatic carbocycles. The van der Waals surface area contributed by atoms with Gasteiger partial charge in [0, 0.05) is 40.5 Å². The monoisotopic (exact) mass is 512 g/mol. The predicted octanol–water partition coefficient (Wildman–Crippen LogP) is 5.78. The van der Waals surface area contributed by atoms with Crippen LogP contribution >= 0.6 is 0 Å². The third-order valence-corrected chi connectivity index (χ3v) is 7.89. The largest absolute Gasteiger partial charge is 0.347 e. The zero-order chi connectivity index (χ0) is 25.7. The summed E-state index contributed by atoms with van der Waals surface area (Å²) in [5.41, 5.74) is 1.01. The Balaban J connectivity index is 1.90. The summed E-state index contributed by atoms with van der Waals surface area (Å²) in [5, 5.41) is -0.220. The summed E-state index contributed by atoms with van der Waals surface area (Å²) in [6, 6.07) is 3.05. The molecule has 0 saturated heterocycles. The summed E-state index contributed by atoms with van der Waals surface area (Å²) in [7, 11) is -3.89. The maximum atomic E-state index is 14.2. The van der Waals surface area contributed by atoms with Gasteiger partial charge in [-0.3, -0.25) is 0 Å². The molecule has 1 N–H and O–H groups in total.